The van der Waals surface area contributed by atoms with E-state index in [1.165, 1.54) is 6.07 Å². The molecule has 1 aliphatic rings. The summed E-state index contributed by atoms with van der Waals surface area (Å²) in [5.41, 5.74) is 0.762. The molecule has 0 aromatic carbocycles. The number of aromatic amines is 1. The number of nitrogens with one attached hydrogen (secondary N) is 1. The number of likely N-dealkylation sites (tertiary alicyclic amines) is 1. The van der Waals surface area contributed by atoms with Crippen LogP contribution in [0.4, 0.5) is 4.39 Å². The van der Waals surface area contributed by atoms with Crippen LogP contribution < -0.4 is 5.56 Å². The van der Waals surface area contributed by atoms with Gasteiger partial charge >= 0.3 is 0 Å². The van der Waals surface area contributed by atoms with Crippen molar-refractivity contribution >= 4 is 5.91 Å². The number of nitrogens with zero attached hydrogens (tertiary/aromatic N) is 1. The van der Waals surface area contributed by atoms with Crippen LogP contribution >= 0.6 is 0 Å². The average Bonchev–Trinajstić information content (AvgIpc) is 2.38. The number of piperidine rings is 1. The maximum absolute atomic E-state index is 13.2. The second kappa shape index (κ2) is 5.80. The third kappa shape index (κ3) is 3.42. The van der Waals surface area contributed by atoms with Gasteiger partial charge in [-0.05, 0) is 24.8 Å². The fourth-order valence-electron chi connectivity index (χ4n) is 2.16. The number of carbonyl (C=O) groups excluding carboxylic acids is 1. The van der Waals surface area contributed by atoms with Crippen LogP contribution in [0.1, 0.15) is 24.8 Å². The number of carbonyl (C=O) groups is 1. The van der Waals surface area contributed by atoms with Crippen molar-refractivity contribution in [1.29, 1.82) is 0 Å². The van der Waals surface area contributed by atoms with Crippen LogP contribution in [0.25, 0.3) is 0 Å². The van der Waals surface area contributed by atoms with E-state index >= 15 is 0 Å². The molecule has 4 nitrogen and oxygen atoms in total. The molecule has 1 aromatic heterocycles. The summed E-state index contributed by atoms with van der Waals surface area (Å²) < 4.78 is 13.2. The number of rotatable bonds is 3. The van der Waals surface area contributed by atoms with E-state index in [2.05, 4.69) is 4.98 Å². The molecule has 0 aliphatic carbocycles. The zero-order valence-electron chi connectivity index (χ0n) is 10.2. The first-order chi connectivity index (χ1) is 8.65. The van der Waals surface area contributed by atoms with Crippen molar-refractivity contribution in [2.75, 3.05) is 13.1 Å². The lowest BCUT2D eigenvalue weighted by Crippen LogP contribution is -2.40. The van der Waals surface area contributed by atoms with Gasteiger partial charge in [-0.3, -0.25) is 9.59 Å². The fourth-order valence-corrected chi connectivity index (χ4v) is 2.16. The van der Waals surface area contributed by atoms with E-state index in [0.29, 0.717) is 25.8 Å². The van der Waals surface area contributed by atoms with Gasteiger partial charge in [0.2, 0.25) is 11.5 Å². The highest BCUT2D eigenvalue weighted by atomic mass is 19.1. The number of amides is 1. The Labute approximate surface area is 105 Å². The quantitative estimate of drug-likeness (QED) is 0.880. The lowest BCUT2D eigenvalue weighted by molar-refractivity contribution is -0.133. The minimum atomic E-state index is -0.879. The van der Waals surface area contributed by atoms with E-state index in [4.69, 9.17) is 0 Å². The molecule has 18 heavy (non-hydrogen) atoms. The number of hydrogen-bond donors (Lipinski definition) is 1. The molecule has 1 fully saturated rings. The molecule has 0 saturated carbocycles. The average molecular weight is 252 g/mol. The minimum Gasteiger partial charge on any atom is -0.340 e. The molecule has 1 N–H and O–H groups in total. The van der Waals surface area contributed by atoms with Gasteiger partial charge in [-0.2, -0.15) is 0 Å². The summed E-state index contributed by atoms with van der Waals surface area (Å²) in [5, 5.41) is 0. The number of aryl methyl sites for hydroxylation is 1. The molecule has 1 aliphatic heterocycles. The monoisotopic (exact) mass is 252 g/mol. The van der Waals surface area contributed by atoms with Crippen molar-refractivity contribution in [3.05, 3.63) is 34.2 Å². The predicted octanol–water partition coefficient (Wildman–Crippen LogP) is 1.27. The number of alkyl halides is 1. The molecule has 98 valence electrons. The molecule has 2 rings (SSSR count). The molecule has 1 amide bonds. The topological polar surface area (TPSA) is 53.2 Å². The Bertz CT molecular complexity index is 452. The highest BCUT2D eigenvalue weighted by Crippen LogP contribution is 2.14. The van der Waals surface area contributed by atoms with E-state index in [1.807, 2.05) is 0 Å². The Morgan fingerprint density at radius 1 is 1.50 bits per heavy atom. The van der Waals surface area contributed by atoms with Crippen LogP contribution in [0, 0.1) is 0 Å². The molecular formula is C13H17FN2O2. The van der Waals surface area contributed by atoms with Gasteiger partial charge in [0.25, 0.3) is 0 Å². The predicted molar refractivity (Wildman–Crippen MR) is 66.1 cm³/mol. The van der Waals surface area contributed by atoms with Crippen molar-refractivity contribution in [3.63, 3.8) is 0 Å². The molecule has 1 aromatic rings. The Kier molecular flexibility index (Phi) is 4.12. The highest BCUT2D eigenvalue weighted by molar-refractivity contribution is 5.76. The third-order valence-electron chi connectivity index (χ3n) is 3.19. The van der Waals surface area contributed by atoms with Crippen molar-refractivity contribution in [2.45, 2.75) is 31.9 Å². The number of H-pyrrole nitrogens is 1. The van der Waals surface area contributed by atoms with Gasteiger partial charge in [-0.15, -0.1) is 0 Å². The molecule has 1 atom stereocenters. The van der Waals surface area contributed by atoms with E-state index < -0.39 is 6.17 Å². The van der Waals surface area contributed by atoms with Crippen LogP contribution in [0.5, 0.6) is 0 Å². The zero-order chi connectivity index (χ0) is 13.0. The molecule has 2 heterocycles. The van der Waals surface area contributed by atoms with Gasteiger partial charge in [0, 0.05) is 25.2 Å². The largest absolute Gasteiger partial charge is 0.340 e. The van der Waals surface area contributed by atoms with E-state index in [0.717, 1.165) is 12.0 Å². The van der Waals surface area contributed by atoms with Crippen LogP contribution in [-0.4, -0.2) is 35.1 Å². The van der Waals surface area contributed by atoms with Gasteiger partial charge in [-0.25, -0.2) is 4.39 Å². The standard InChI is InChI=1S/C13H17FN2O2/c14-11-2-1-7-16(9-11)13(18)6-4-10-3-5-12(17)15-8-10/h3,5,8,11H,1-2,4,6-7,9H2,(H,15,17). The van der Waals surface area contributed by atoms with Crippen LogP contribution in [0.3, 0.4) is 0 Å². The smallest absolute Gasteiger partial charge is 0.247 e. The molecule has 0 radical (unpaired) electrons. The Balaban J connectivity index is 1.84. The molecule has 1 saturated heterocycles. The van der Waals surface area contributed by atoms with Gasteiger partial charge in [0.1, 0.15) is 6.17 Å². The first kappa shape index (κ1) is 12.8. The van der Waals surface area contributed by atoms with Gasteiger partial charge in [-0.1, -0.05) is 6.07 Å². The molecule has 1 unspecified atom stereocenters. The molecule has 0 spiro atoms. The number of pyridine rings is 1. The number of halogens is 1. The maximum atomic E-state index is 13.2. The van der Waals surface area contributed by atoms with E-state index in [1.54, 1.807) is 17.2 Å². The maximum Gasteiger partial charge on any atom is 0.247 e. The minimum absolute atomic E-state index is 0.0106. The van der Waals surface area contributed by atoms with E-state index in [-0.39, 0.29) is 18.0 Å². The van der Waals surface area contributed by atoms with Crippen molar-refractivity contribution in [1.82, 2.24) is 9.88 Å². The summed E-state index contributed by atoms with van der Waals surface area (Å²) in [7, 11) is 0. The van der Waals surface area contributed by atoms with Crippen LogP contribution in [0.2, 0.25) is 0 Å². The number of hydrogen-bond acceptors (Lipinski definition) is 2. The summed E-state index contributed by atoms with van der Waals surface area (Å²) in [6, 6.07) is 3.15. The van der Waals surface area contributed by atoms with Crippen molar-refractivity contribution in [2.24, 2.45) is 0 Å². The fraction of sp³-hybridized carbons (Fsp3) is 0.538. The summed E-state index contributed by atoms with van der Waals surface area (Å²) in [4.78, 5) is 26.9. The summed E-state index contributed by atoms with van der Waals surface area (Å²) in [5.74, 6) is -0.0106. The van der Waals surface area contributed by atoms with Crippen molar-refractivity contribution in [3.8, 4) is 0 Å². The van der Waals surface area contributed by atoms with Crippen LogP contribution in [-0.2, 0) is 11.2 Å². The number of aromatic nitrogens is 1. The Hall–Kier alpha value is -1.65. The normalized spacial score (nSPS) is 19.8. The second-order valence-corrected chi connectivity index (χ2v) is 4.64. The Morgan fingerprint density at radius 2 is 2.33 bits per heavy atom. The lowest BCUT2D eigenvalue weighted by atomic mass is 10.1. The molecular weight excluding hydrogens is 235 g/mol. The van der Waals surface area contributed by atoms with Crippen molar-refractivity contribution < 1.29 is 9.18 Å². The lowest BCUT2D eigenvalue weighted by Gasteiger charge is -2.29. The first-order valence-corrected chi connectivity index (χ1v) is 6.24. The summed E-state index contributed by atoms with van der Waals surface area (Å²) in [6.07, 6.45) is 2.97. The van der Waals surface area contributed by atoms with Gasteiger partial charge in [0.15, 0.2) is 0 Å². The Morgan fingerprint density at radius 3 is 3.00 bits per heavy atom. The van der Waals surface area contributed by atoms with Crippen LogP contribution in [0.15, 0.2) is 23.1 Å². The molecule has 5 heteroatoms. The first-order valence-electron chi connectivity index (χ1n) is 6.24. The molecule has 0 bridgehead atoms. The third-order valence-corrected chi connectivity index (χ3v) is 3.19. The zero-order valence-corrected chi connectivity index (χ0v) is 10.2. The van der Waals surface area contributed by atoms with Gasteiger partial charge < -0.3 is 9.88 Å². The highest BCUT2D eigenvalue weighted by Gasteiger charge is 2.22. The van der Waals surface area contributed by atoms with Gasteiger partial charge in [0.05, 0.1) is 6.54 Å². The summed E-state index contributed by atoms with van der Waals surface area (Å²) >= 11 is 0. The SMILES string of the molecule is O=C(CCc1ccc(=O)[nH]c1)N1CCCC(F)C1. The summed E-state index contributed by atoms with van der Waals surface area (Å²) in [6.45, 7) is 0.884. The van der Waals surface area contributed by atoms with E-state index in [9.17, 15) is 14.0 Å². The second-order valence-electron chi connectivity index (χ2n) is 4.64.